The van der Waals surface area contributed by atoms with Gasteiger partial charge in [0.15, 0.2) is 5.82 Å². The van der Waals surface area contributed by atoms with Crippen molar-refractivity contribution in [2.45, 2.75) is 26.2 Å². The van der Waals surface area contributed by atoms with E-state index in [1.165, 1.54) is 12.8 Å². The zero-order valence-electron chi connectivity index (χ0n) is 13.3. The Balaban J connectivity index is 1.54. The second-order valence-electron chi connectivity index (χ2n) is 6.29. The van der Waals surface area contributed by atoms with Crippen LogP contribution in [0.1, 0.15) is 25.5 Å². The van der Waals surface area contributed by atoms with E-state index in [0.29, 0.717) is 5.92 Å². The lowest BCUT2D eigenvalue weighted by Crippen LogP contribution is -2.48. The van der Waals surface area contributed by atoms with Gasteiger partial charge in [0, 0.05) is 33.1 Å². The highest BCUT2D eigenvalue weighted by atomic mass is 16.2. The second kappa shape index (κ2) is 7.05. The molecule has 3 heterocycles. The van der Waals surface area contributed by atoms with Gasteiger partial charge in [-0.25, -0.2) is 0 Å². The lowest BCUT2D eigenvalue weighted by atomic mass is 9.95. The molecule has 0 radical (unpaired) electrons. The number of rotatable bonds is 3. The van der Waals surface area contributed by atoms with Crippen LogP contribution >= 0.6 is 0 Å². The summed E-state index contributed by atoms with van der Waals surface area (Å²) in [6.45, 7) is 7.08. The van der Waals surface area contributed by atoms with Gasteiger partial charge in [-0.2, -0.15) is 5.10 Å². The van der Waals surface area contributed by atoms with E-state index in [1.54, 1.807) is 6.92 Å². The molecule has 1 unspecified atom stereocenters. The van der Waals surface area contributed by atoms with Crippen molar-refractivity contribution in [1.82, 2.24) is 20.4 Å². The van der Waals surface area contributed by atoms with E-state index in [1.807, 2.05) is 4.90 Å². The van der Waals surface area contributed by atoms with Crippen molar-refractivity contribution in [2.24, 2.45) is 5.92 Å². The lowest BCUT2D eigenvalue weighted by Gasteiger charge is -2.34. The first-order chi connectivity index (χ1) is 10.7. The van der Waals surface area contributed by atoms with E-state index in [0.717, 1.165) is 57.2 Å². The van der Waals surface area contributed by atoms with E-state index in [-0.39, 0.29) is 5.91 Å². The van der Waals surface area contributed by atoms with Crippen LogP contribution in [0.15, 0.2) is 12.1 Å². The van der Waals surface area contributed by atoms with Gasteiger partial charge in [0.25, 0.3) is 0 Å². The average molecular weight is 303 g/mol. The fourth-order valence-electron chi connectivity index (χ4n) is 3.27. The number of piperidine rings is 1. The fourth-order valence-corrected chi connectivity index (χ4v) is 3.27. The van der Waals surface area contributed by atoms with Crippen molar-refractivity contribution in [2.75, 3.05) is 44.2 Å². The van der Waals surface area contributed by atoms with Gasteiger partial charge >= 0.3 is 0 Å². The standard InChI is InChI=1S/C16H25N5O/c1-13(22)20-7-9-21(10-8-20)16-5-4-15(18-19-16)11-14-3-2-6-17-12-14/h4-5,14,17H,2-3,6-12H2,1H3. The third-order valence-corrected chi connectivity index (χ3v) is 4.65. The number of hydrogen-bond donors (Lipinski definition) is 1. The number of anilines is 1. The molecule has 22 heavy (non-hydrogen) atoms. The molecule has 1 aromatic rings. The van der Waals surface area contributed by atoms with E-state index in [9.17, 15) is 4.79 Å². The van der Waals surface area contributed by atoms with Gasteiger partial charge in [-0.05, 0) is 50.4 Å². The second-order valence-corrected chi connectivity index (χ2v) is 6.29. The Bertz CT molecular complexity index is 490. The SMILES string of the molecule is CC(=O)N1CCN(c2ccc(CC3CCCNC3)nn2)CC1. The van der Waals surface area contributed by atoms with Crippen LogP contribution in [0, 0.1) is 5.92 Å². The fraction of sp³-hybridized carbons (Fsp3) is 0.688. The Morgan fingerprint density at radius 1 is 1.27 bits per heavy atom. The molecule has 1 amide bonds. The number of nitrogens with zero attached hydrogens (tertiary/aromatic N) is 4. The molecular weight excluding hydrogens is 278 g/mol. The van der Waals surface area contributed by atoms with Crippen molar-refractivity contribution in [3.05, 3.63) is 17.8 Å². The van der Waals surface area contributed by atoms with E-state index in [4.69, 9.17) is 0 Å². The summed E-state index contributed by atoms with van der Waals surface area (Å²) in [6.07, 6.45) is 3.55. The van der Waals surface area contributed by atoms with Crippen molar-refractivity contribution < 1.29 is 4.79 Å². The monoisotopic (exact) mass is 303 g/mol. The molecule has 0 aromatic carbocycles. The van der Waals surface area contributed by atoms with Crippen molar-refractivity contribution in [1.29, 1.82) is 0 Å². The molecule has 1 aromatic heterocycles. The molecule has 0 aliphatic carbocycles. The predicted octanol–water partition coefficient (Wildman–Crippen LogP) is 0.687. The molecule has 2 aliphatic heterocycles. The van der Waals surface area contributed by atoms with E-state index >= 15 is 0 Å². The summed E-state index contributed by atoms with van der Waals surface area (Å²) in [6, 6.07) is 4.18. The summed E-state index contributed by atoms with van der Waals surface area (Å²) in [5, 5.41) is 12.2. The highest BCUT2D eigenvalue weighted by Gasteiger charge is 2.20. The molecule has 0 bridgehead atoms. The van der Waals surface area contributed by atoms with Crippen molar-refractivity contribution >= 4 is 11.7 Å². The van der Waals surface area contributed by atoms with Crippen LogP contribution in [0.3, 0.4) is 0 Å². The van der Waals surface area contributed by atoms with Crippen LogP contribution in [-0.4, -0.2) is 60.3 Å². The topological polar surface area (TPSA) is 61.4 Å². The third kappa shape index (κ3) is 3.74. The lowest BCUT2D eigenvalue weighted by molar-refractivity contribution is -0.129. The number of carbonyl (C=O) groups is 1. The molecule has 2 aliphatic rings. The molecular formula is C16H25N5O. The number of aromatic nitrogens is 2. The number of hydrogen-bond acceptors (Lipinski definition) is 5. The molecule has 0 spiro atoms. The van der Waals surface area contributed by atoms with Crippen LogP contribution in [0.25, 0.3) is 0 Å². The minimum atomic E-state index is 0.155. The maximum absolute atomic E-state index is 11.4. The number of carbonyl (C=O) groups excluding carboxylic acids is 1. The van der Waals surface area contributed by atoms with E-state index < -0.39 is 0 Å². The quantitative estimate of drug-likeness (QED) is 0.890. The van der Waals surface area contributed by atoms with Crippen LogP contribution in [0.4, 0.5) is 5.82 Å². The predicted molar refractivity (Wildman–Crippen MR) is 85.8 cm³/mol. The number of piperazine rings is 1. The highest BCUT2D eigenvalue weighted by Crippen LogP contribution is 2.17. The first-order valence-corrected chi connectivity index (χ1v) is 8.26. The molecule has 1 N–H and O–H groups in total. The summed E-state index contributed by atoms with van der Waals surface area (Å²) in [5.41, 5.74) is 1.08. The van der Waals surface area contributed by atoms with Gasteiger partial charge in [-0.15, -0.1) is 5.10 Å². The van der Waals surface area contributed by atoms with Gasteiger partial charge in [0.05, 0.1) is 5.69 Å². The van der Waals surface area contributed by atoms with Crippen LogP contribution < -0.4 is 10.2 Å². The molecule has 6 heteroatoms. The molecule has 1 atom stereocenters. The van der Waals surface area contributed by atoms with Gasteiger partial charge in [0.1, 0.15) is 0 Å². The maximum Gasteiger partial charge on any atom is 0.219 e. The molecule has 3 rings (SSSR count). The van der Waals surface area contributed by atoms with Gasteiger partial charge in [-0.1, -0.05) is 0 Å². The Labute approximate surface area is 131 Å². The Morgan fingerprint density at radius 3 is 2.68 bits per heavy atom. The Kier molecular flexibility index (Phi) is 4.87. The van der Waals surface area contributed by atoms with Gasteiger partial charge in [0.2, 0.25) is 5.91 Å². The van der Waals surface area contributed by atoms with Crippen LogP contribution in [0.5, 0.6) is 0 Å². The molecule has 6 nitrogen and oxygen atoms in total. The van der Waals surface area contributed by atoms with Gasteiger partial charge in [-0.3, -0.25) is 4.79 Å². The zero-order valence-corrected chi connectivity index (χ0v) is 13.3. The average Bonchev–Trinajstić information content (AvgIpc) is 2.57. The summed E-state index contributed by atoms with van der Waals surface area (Å²) >= 11 is 0. The molecule has 120 valence electrons. The molecule has 0 saturated carbocycles. The number of amides is 1. The molecule has 2 saturated heterocycles. The first-order valence-electron chi connectivity index (χ1n) is 8.26. The maximum atomic E-state index is 11.4. The highest BCUT2D eigenvalue weighted by molar-refractivity contribution is 5.73. The Morgan fingerprint density at radius 2 is 2.09 bits per heavy atom. The zero-order chi connectivity index (χ0) is 15.4. The Hall–Kier alpha value is -1.69. The summed E-state index contributed by atoms with van der Waals surface area (Å²) in [5.74, 6) is 1.77. The summed E-state index contributed by atoms with van der Waals surface area (Å²) in [7, 11) is 0. The smallest absolute Gasteiger partial charge is 0.219 e. The van der Waals surface area contributed by atoms with Crippen LogP contribution in [-0.2, 0) is 11.2 Å². The first kappa shape index (κ1) is 15.2. The third-order valence-electron chi connectivity index (χ3n) is 4.65. The van der Waals surface area contributed by atoms with Crippen molar-refractivity contribution in [3.8, 4) is 0 Å². The van der Waals surface area contributed by atoms with Crippen molar-refractivity contribution in [3.63, 3.8) is 0 Å². The minimum Gasteiger partial charge on any atom is -0.352 e. The summed E-state index contributed by atoms with van der Waals surface area (Å²) < 4.78 is 0. The normalized spacial score (nSPS) is 22.7. The summed E-state index contributed by atoms with van der Waals surface area (Å²) in [4.78, 5) is 15.4. The minimum absolute atomic E-state index is 0.155. The largest absolute Gasteiger partial charge is 0.352 e. The molecule has 2 fully saturated rings. The van der Waals surface area contributed by atoms with Gasteiger partial charge < -0.3 is 15.1 Å². The number of nitrogens with one attached hydrogen (secondary N) is 1. The van der Waals surface area contributed by atoms with E-state index in [2.05, 4.69) is 32.5 Å². The van der Waals surface area contributed by atoms with Crippen LogP contribution in [0.2, 0.25) is 0 Å².